The van der Waals surface area contributed by atoms with E-state index in [1.165, 1.54) is 4.90 Å². The molecule has 1 atom stereocenters. The maximum atomic E-state index is 12.9. The zero-order valence-corrected chi connectivity index (χ0v) is 20.0. The van der Waals surface area contributed by atoms with Gasteiger partial charge in [0, 0.05) is 28.9 Å². The first-order valence-electron chi connectivity index (χ1n) is 12.2. The molecule has 1 unspecified atom stereocenters. The number of amides is 3. The van der Waals surface area contributed by atoms with Gasteiger partial charge in [0.05, 0.1) is 47.2 Å². The Kier molecular flexibility index (Phi) is 4.90. The minimum absolute atomic E-state index is 0.0705. The Hall–Kier alpha value is -5.18. The molecular formula is C29H20N6O3. The van der Waals surface area contributed by atoms with E-state index in [0.29, 0.717) is 29.1 Å². The molecule has 0 saturated carbocycles. The molecule has 7 rings (SSSR count). The van der Waals surface area contributed by atoms with Crippen LogP contribution in [-0.2, 0) is 6.54 Å². The average Bonchev–Trinajstić information content (AvgIpc) is 3.49. The first-order valence-corrected chi connectivity index (χ1v) is 12.2. The van der Waals surface area contributed by atoms with Crippen molar-refractivity contribution in [2.75, 3.05) is 6.54 Å². The van der Waals surface area contributed by atoms with Crippen LogP contribution in [-0.4, -0.2) is 55.0 Å². The number of imide groups is 1. The molecule has 38 heavy (non-hydrogen) atoms. The molecule has 9 nitrogen and oxygen atoms in total. The number of hydrogen-bond donors (Lipinski definition) is 1. The standard InChI is InChI=1S/C29H20N6O3/c36-27-26-13-25(18-9-10-30-24(12-18)19-11-17-5-1-4-8-23(17)31-14-19)33-35(26)16-20(32-27)15-34-28(37)21-6-2-3-7-22(21)29(34)38/h1-14,20H,15-16H2,(H,32,36). The average molecular weight is 501 g/mol. The van der Waals surface area contributed by atoms with E-state index in [4.69, 9.17) is 0 Å². The highest BCUT2D eigenvalue weighted by Gasteiger charge is 2.38. The molecule has 0 aliphatic carbocycles. The van der Waals surface area contributed by atoms with Crippen molar-refractivity contribution in [2.45, 2.75) is 12.6 Å². The summed E-state index contributed by atoms with van der Waals surface area (Å²) in [7, 11) is 0. The lowest BCUT2D eigenvalue weighted by molar-refractivity contribution is 0.0615. The first kappa shape index (κ1) is 22.1. The van der Waals surface area contributed by atoms with Gasteiger partial charge in [0.2, 0.25) is 0 Å². The SMILES string of the molecule is O=C1NC(CN2C(=O)c3ccccc3C2=O)Cn2nc(-c3ccnc(-c4cnc5ccccc5c4)c3)cc21. The van der Waals surface area contributed by atoms with Crippen molar-refractivity contribution in [3.05, 3.63) is 102 Å². The van der Waals surface area contributed by atoms with E-state index in [9.17, 15) is 14.4 Å². The minimum Gasteiger partial charge on any atom is -0.344 e. The van der Waals surface area contributed by atoms with Crippen LogP contribution in [0.4, 0.5) is 0 Å². The molecule has 5 aromatic rings. The zero-order valence-electron chi connectivity index (χ0n) is 20.0. The van der Waals surface area contributed by atoms with Crippen molar-refractivity contribution >= 4 is 28.6 Å². The van der Waals surface area contributed by atoms with Crippen molar-refractivity contribution in [3.63, 3.8) is 0 Å². The number of carbonyl (C=O) groups excluding carboxylic acids is 3. The monoisotopic (exact) mass is 500 g/mol. The molecule has 3 aromatic heterocycles. The molecule has 0 radical (unpaired) electrons. The van der Waals surface area contributed by atoms with Crippen LogP contribution >= 0.6 is 0 Å². The second-order valence-corrected chi connectivity index (χ2v) is 9.38. The molecule has 0 bridgehead atoms. The van der Waals surface area contributed by atoms with E-state index in [0.717, 1.165) is 27.7 Å². The van der Waals surface area contributed by atoms with E-state index in [-0.39, 0.29) is 24.3 Å². The Labute approximate surface area is 216 Å². The predicted octanol–water partition coefficient (Wildman–Crippen LogP) is 3.57. The molecule has 5 heterocycles. The molecule has 9 heteroatoms. The van der Waals surface area contributed by atoms with Crippen molar-refractivity contribution in [3.8, 4) is 22.5 Å². The number of hydrogen-bond acceptors (Lipinski definition) is 6. The van der Waals surface area contributed by atoms with Gasteiger partial charge in [-0.2, -0.15) is 5.10 Å². The fourth-order valence-corrected chi connectivity index (χ4v) is 5.08. The highest BCUT2D eigenvalue weighted by atomic mass is 16.2. The molecular weight excluding hydrogens is 480 g/mol. The Morgan fingerprint density at radius 2 is 1.58 bits per heavy atom. The van der Waals surface area contributed by atoms with Gasteiger partial charge in [-0.05, 0) is 42.5 Å². The third kappa shape index (κ3) is 3.55. The summed E-state index contributed by atoms with van der Waals surface area (Å²) in [6.45, 7) is 0.405. The van der Waals surface area contributed by atoms with Gasteiger partial charge in [-0.3, -0.25) is 33.9 Å². The minimum atomic E-state index is -0.457. The maximum absolute atomic E-state index is 12.9. The number of rotatable bonds is 4. The number of aromatic nitrogens is 4. The number of pyridine rings is 2. The lowest BCUT2D eigenvalue weighted by atomic mass is 10.1. The number of nitrogens with one attached hydrogen (secondary N) is 1. The summed E-state index contributed by atoms with van der Waals surface area (Å²) in [5.41, 5.74) is 5.19. The highest BCUT2D eigenvalue weighted by Crippen LogP contribution is 2.28. The number of para-hydroxylation sites is 1. The molecule has 184 valence electrons. The second kappa shape index (κ2) is 8.45. The fraction of sp³-hybridized carbons (Fsp3) is 0.103. The van der Waals surface area contributed by atoms with Crippen LogP contribution in [0.25, 0.3) is 33.4 Å². The summed E-state index contributed by atoms with van der Waals surface area (Å²) in [5, 5.41) is 8.63. The topological polar surface area (TPSA) is 110 Å². The van der Waals surface area contributed by atoms with Gasteiger partial charge in [-0.1, -0.05) is 30.3 Å². The van der Waals surface area contributed by atoms with Crippen LogP contribution in [0.1, 0.15) is 31.2 Å². The van der Waals surface area contributed by atoms with Gasteiger partial charge in [-0.25, -0.2) is 0 Å². The molecule has 2 aromatic carbocycles. The lowest BCUT2D eigenvalue weighted by Gasteiger charge is -2.27. The molecule has 2 aliphatic heterocycles. The second-order valence-electron chi connectivity index (χ2n) is 9.38. The van der Waals surface area contributed by atoms with Gasteiger partial charge in [0.25, 0.3) is 17.7 Å². The van der Waals surface area contributed by atoms with Gasteiger partial charge in [0.1, 0.15) is 5.69 Å². The molecule has 0 saturated heterocycles. The van der Waals surface area contributed by atoms with E-state index in [2.05, 4.69) is 20.4 Å². The smallest absolute Gasteiger partial charge is 0.269 e. The number of nitrogens with zero attached hydrogens (tertiary/aromatic N) is 5. The Morgan fingerprint density at radius 3 is 2.39 bits per heavy atom. The van der Waals surface area contributed by atoms with Crippen LogP contribution in [0.3, 0.4) is 0 Å². The van der Waals surface area contributed by atoms with E-state index in [1.807, 2.05) is 42.5 Å². The van der Waals surface area contributed by atoms with E-state index >= 15 is 0 Å². The molecule has 1 N–H and O–H groups in total. The molecule has 0 spiro atoms. The van der Waals surface area contributed by atoms with Crippen LogP contribution in [0.5, 0.6) is 0 Å². The van der Waals surface area contributed by atoms with Crippen molar-refractivity contribution in [1.82, 2.24) is 30.0 Å². The quantitative estimate of drug-likeness (QED) is 0.378. The fourth-order valence-electron chi connectivity index (χ4n) is 5.08. The van der Waals surface area contributed by atoms with Gasteiger partial charge < -0.3 is 5.32 Å². The summed E-state index contributed by atoms with van der Waals surface area (Å²) in [4.78, 5) is 48.7. The maximum Gasteiger partial charge on any atom is 0.269 e. The Morgan fingerprint density at radius 1 is 0.816 bits per heavy atom. The predicted molar refractivity (Wildman–Crippen MR) is 139 cm³/mol. The number of fused-ring (bicyclic) bond motifs is 3. The molecule has 3 amide bonds. The molecule has 2 aliphatic rings. The summed E-state index contributed by atoms with van der Waals surface area (Å²) in [6.07, 6.45) is 3.51. The van der Waals surface area contributed by atoms with Crippen molar-refractivity contribution in [2.24, 2.45) is 0 Å². The van der Waals surface area contributed by atoms with E-state index in [1.54, 1.807) is 47.4 Å². The summed E-state index contributed by atoms with van der Waals surface area (Å²) >= 11 is 0. The van der Waals surface area contributed by atoms with Crippen LogP contribution in [0.15, 0.2) is 85.2 Å². The number of benzene rings is 2. The summed E-state index contributed by atoms with van der Waals surface area (Å²) in [5.74, 6) is -0.997. The largest absolute Gasteiger partial charge is 0.344 e. The summed E-state index contributed by atoms with van der Waals surface area (Å²) in [6, 6.07) is 21.7. The number of carbonyl (C=O) groups is 3. The third-order valence-electron chi connectivity index (χ3n) is 6.96. The van der Waals surface area contributed by atoms with Gasteiger partial charge in [-0.15, -0.1) is 0 Å². The van der Waals surface area contributed by atoms with Crippen molar-refractivity contribution in [1.29, 1.82) is 0 Å². The highest BCUT2D eigenvalue weighted by molar-refractivity contribution is 6.21. The van der Waals surface area contributed by atoms with Crippen molar-refractivity contribution < 1.29 is 14.4 Å². The third-order valence-corrected chi connectivity index (χ3v) is 6.96. The Balaban J connectivity index is 1.14. The van der Waals surface area contributed by atoms with Crippen LogP contribution in [0, 0.1) is 0 Å². The Bertz CT molecular complexity index is 1760. The van der Waals surface area contributed by atoms with E-state index < -0.39 is 6.04 Å². The lowest BCUT2D eigenvalue weighted by Crippen LogP contribution is -2.51. The first-order chi connectivity index (χ1) is 18.5. The van der Waals surface area contributed by atoms with Crippen LogP contribution < -0.4 is 5.32 Å². The molecule has 0 fully saturated rings. The normalized spacial score (nSPS) is 16.5. The summed E-state index contributed by atoms with van der Waals surface area (Å²) < 4.78 is 1.63. The van der Waals surface area contributed by atoms with Gasteiger partial charge in [0.15, 0.2) is 0 Å². The van der Waals surface area contributed by atoms with Crippen LogP contribution in [0.2, 0.25) is 0 Å². The zero-order chi connectivity index (χ0) is 25.8. The van der Waals surface area contributed by atoms with Gasteiger partial charge >= 0.3 is 0 Å².